The smallest absolute Gasteiger partial charge is 0.334 e. The molecule has 0 bridgehead atoms. The van der Waals surface area contributed by atoms with Crippen LogP contribution in [0.4, 0.5) is 0 Å². The van der Waals surface area contributed by atoms with Crippen molar-refractivity contribution in [2.45, 2.75) is 90.6 Å². The van der Waals surface area contributed by atoms with Gasteiger partial charge in [-0.2, -0.15) is 0 Å². The van der Waals surface area contributed by atoms with Crippen LogP contribution < -0.4 is 0 Å². The van der Waals surface area contributed by atoms with E-state index in [1.54, 1.807) is 0 Å². The van der Waals surface area contributed by atoms with Crippen LogP contribution in [0.5, 0.6) is 0 Å². The Morgan fingerprint density at radius 2 is 1.45 bits per heavy atom. The highest BCUT2D eigenvalue weighted by Gasteiger charge is 2.13. The average molecular weight is 286 g/mol. The number of aliphatic hydroxyl groups is 1. The van der Waals surface area contributed by atoms with Gasteiger partial charge in [0, 0.05) is 0 Å². The number of hydrogen-bond donors (Lipinski definition) is 1. The Kier molecular flexibility index (Phi) is 13.0. The Morgan fingerprint density at radius 1 is 0.950 bits per heavy atom. The molecular formula is C17H34O3. The number of aliphatic hydroxyl groups excluding tert-OH is 1. The second kappa shape index (κ2) is 13.4. The number of rotatable bonds is 13. The summed E-state index contributed by atoms with van der Waals surface area (Å²) in [7, 11) is 1.31. The molecule has 0 aliphatic rings. The van der Waals surface area contributed by atoms with Gasteiger partial charge >= 0.3 is 5.97 Å². The quantitative estimate of drug-likeness (QED) is 0.401. The van der Waals surface area contributed by atoms with Gasteiger partial charge in [-0.15, -0.1) is 0 Å². The van der Waals surface area contributed by atoms with E-state index < -0.39 is 12.1 Å². The third-order valence-electron chi connectivity index (χ3n) is 3.95. The standard InChI is InChI=1S/C17H34O3/c1-4-5-12-15(2)13-10-8-6-7-9-11-14-16(18)17(19)20-3/h15-16,18H,4-14H2,1-3H3/t15?,16-/m0/s1. The predicted molar refractivity (Wildman–Crippen MR) is 83.6 cm³/mol. The van der Waals surface area contributed by atoms with Crippen LogP contribution in [0.3, 0.4) is 0 Å². The lowest BCUT2D eigenvalue weighted by Gasteiger charge is -2.10. The molecular weight excluding hydrogens is 252 g/mol. The van der Waals surface area contributed by atoms with E-state index in [1.807, 2.05) is 0 Å². The first-order chi connectivity index (χ1) is 9.61. The number of ether oxygens (including phenoxy) is 1. The zero-order chi connectivity index (χ0) is 15.2. The van der Waals surface area contributed by atoms with Crippen LogP contribution in [-0.4, -0.2) is 24.3 Å². The number of methoxy groups -OCH3 is 1. The fraction of sp³-hybridized carbons (Fsp3) is 0.941. The lowest BCUT2D eigenvalue weighted by atomic mass is 9.97. The van der Waals surface area contributed by atoms with Crippen molar-refractivity contribution < 1.29 is 14.6 Å². The van der Waals surface area contributed by atoms with Gasteiger partial charge in [-0.25, -0.2) is 4.79 Å². The summed E-state index contributed by atoms with van der Waals surface area (Å²) in [5, 5.41) is 9.42. The Morgan fingerprint density at radius 3 is 2.00 bits per heavy atom. The minimum atomic E-state index is -0.931. The number of esters is 1. The molecule has 0 radical (unpaired) electrons. The molecule has 0 saturated carbocycles. The van der Waals surface area contributed by atoms with Crippen LogP contribution in [0.15, 0.2) is 0 Å². The SMILES string of the molecule is CCCCC(C)CCCCCCCC[C@H](O)C(=O)OC. The van der Waals surface area contributed by atoms with Crippen molar-refractivity contribution in [3.8, 4) is 0 Å². The van der Waals surface area contributed by atoms with E-state index in [0.717, 1.165) is 18.8 Å². The monoisotopic (exact) mass is 286 g/mol. The van der Waals surface area contributed by atoms with Crippen molar-refractivity contribution in [1.82, 2.24) is 0 Å². The molecule has 2 atom stereocenters. The molecule has 0 aromatic carbocycles. The Labute approximate surface area is 125 Å². The number of unbranched alkanes of at least 4 members (excludes halogenated alkanes) is 6. The van der Waals surface area contributed by atoms with Crippen LogP contribution in [-0.2, 0) is 9.53 Å². The Balaban J connectivity index is 3.26. The van der Waals surface area contributed by atoms with Crippen LogP contribution >= 0.6 is 0 Å². The van der Waals surface area contributed by atoms with Crippen LogP contribution in [0, 0.1) is 5.92 Å². The van der Waals surface area contributed by atoms with Crippen LogP contribution in [0.2, 0.25) is 0 Å². The second-order valence-electron chi connectivity index (χ2n) is 5.99. The van der Waals surface area contributed by atoms with E-state index in [0.29, 0.717) is 6.42 Å². The maximum absolute atomic E-state index is 11.0. The molecule has 0 aliphatic heterocycles. The fourth-order valence-corrected chi connectivity index (χ4v) is 2.49. The molecule has 3 nitrogen and oxygen atoms in total. The fourth-order valence-electron chi connectivity index (χ4n) is 2.49. The average Bonchev–Trinajstić information content (AvgIpc) is 2.46. The van der Waals surface area contributed by atoms with Gasteiger partial charge in [0.25, 0.3) is 0 Å². The van der Waals surface area contributed by atoms with Gasteiger partial charge in [-0.05, 0) is 12.3 Å². The molecule has 0 amide bonds. The van der Waals surface area contributed by atoms with E-state index in [9.17, 15) is 9.90 Å². The molecule has 0 aliphatic carbocycles. The third-order valence-corrected chi connectivity index (χ3v) is 3.95. The number of hydrogen-bond acceptors (Lipinski definition) is 3. The number of carbonyl (C=O) groups is 1. The number of carbonyl (C=O) groups excluding carboxylic acids is 1. The van der Waals surface area contributed by atoms with Gasteiger partial charge in [-0.3, -0.25) is 0 Å². The highest BCUT2D eigenvalue weighted by molar-refractivity contribution is 5.74. The van der Waals surface area contributed by atoms with Crippen molar-refractivity contribution in [3.05, 3.63) is 0 Å². The molecule has 0 aromatic rings. The molecule has 3 heteroatoms. The molecule has 1 N–H and O–H groups in total. The molecule has 20 heavy (non-hydrogen) atoms. The van der Waals surface area contributed by atoms with Crippen molar-refractivity contribution in [2.24, 2.45) is 5.92 Å². The third kappa shape index (κ3) is 11.3. The van der Waals surface area contributed by atoms with Crippen molar-refractivity contribution in [2.75, 3.05) is 7.11 Å². The summed E-state index contributed by atoms with van der Waals surface area (Å²) in [5.41, 5.74) is 0. The normalized spacial score (nSPS) is 14.0. The van der Waals surface area contributed by atoms with Crippen molar-refractivity contribution in [3.63, 3.8) is 0 Å². The Hall–Kier alpha value is -0.570. The van der Waals surface area contributed by atoms with Gasteiger partial charge in [-0.1, -0.05) is 78.1 Å². The summed E-state index contributed by atoms with van der Waals surface area (Å²) in [6.45, 7) is 4.62. The van der Waals surface area contributed by atoms with Crippen LogP contribution in [0.1, 0.15) is 84.5 Å². The molecule has 1 unspecified atom stereocenters. The maximum atomic E-state index is 11.0. The van der Waals surface area contributed by atoms with Crippen molar-refractivity contribution in [1.29, 1.82) is 0 Å². The summed E-state index contributed by atoms with van der Waals surface area (Å²) in [5.74, 6) is 0.372. The molecule has 0 aromatic heterocycles. The lowest BCUT2D eigenvalue weighted by molar-refractivity contribution is -0.150. The summed E-state index contributed by atoms with van der Waals surface area (Å²) >= 11 is 0. The summed E-state index contributed by atoms with van der Waals surface area (Å²) in [6.07, 6.45) is 12.1. The van der Waals surface area contributed by atoms with Crippen LogP contribution in [0.25, 0.3) is 0 Å². The molecule has 0 saturated heterocycles. The van der Waals surface area contributed by atoms with Gasteiger partial charge in [0.15, 0.2) is 6.10 Å². The first kappa shape index (κ1) is 19.4. The molecule has 0 spiro atoms. The van der Waals surface area contributed by atoms with E-state index in [-0.39, 0.29) is 0 Å². The minimum Gasteiger partial charge on any atom is -0.467 e. The van der Waals surface area contributed by atoms with E-state index in [2.05, 4.69) is 18.6 Å². The minimum absolute atomic E-state index is 0.508. The first-order valence-electron chi connectivity index (χ1n) is 8.37. The summed E-state index contributed by atoms with van der Waals surface area (Å²) in [4.78, 5) is 11.0. The van der Waals surface area contributed by atoms with Gasteiger partial charge in [0.1, 0.15) is 0 Å². The zero-order valence-electron chi connectivity index (χ0n) is 13.7. The molecule has 120 valence electrons. The maximum Gasteiger partial charge on any atom is 0.334 e. The van der Waals surface area contributed by atoms with Gasteiger partial charge in [0.2, 0.25) is 0 Å². The summed E-state index contributed by atoms with van der Waals surface area (Å²) in [6, 6.07) is 0. The van der Waals surface area contributed by atoms with E-state index >= 15 is 0 Å². The zero-order valence-corrected chi connectivity index (χ0v) is 13.7. The van der Waals surface area contributed by atoms with Crippen molar-refractivity contribution >= 4 is 5.97 Å². The van der Waals surface area contributed by atoms with E-state index in [4.69, 9.17) is 0 Å². The summed E-state index contributed by atoms with van der Waals surface area (Å²) < 4.78 is 4.48. The topological polar surface area (TPSA) is 46.5 Å². The molecule has 0 rings (SSSR count). The van der Waals surface area contributed by atoms with E-state index in [1.165, 1.54) is 58.5 Å². The highest BCUT2D eigenvalue weighted by atomic mass is 16.5. The lowest BCUT2D eigenvalue weighted by Crippen LogP contribution is -2.21. The first-order valence-corrected chi connectivity index (χ1v) is 8.37. The molecule has 0 fully saturated rings. The van der Waals surface area contributed by atoms with Gasteiger partial charge in [0.05, 0.1) is 7.11 Å². The largest absolute Gasteiger partial charge is 0.467 e. The highest BCUT2D eigenvalue weighted by Crippen LogP contribution is 2.17. The predicted octanol–water partition coefficient (Wildman–Crippen LogP) is 4.47. The second-order valence-corrected chi connectivity index (χ2v) is 5.99. The Bertz CT molecular complexity index is 228. The molecule has 0 heterocycles. The van der Waals surface area contributed by atoms with Gasteiger partial charge < -0.3 is 9.84 Å².